The van der Waals surface area contributed by atoms with Crippen molar-refractivity contribution in [1.29, 1.82) is 0 Å². The van der Waals surface area contributed by atoms with Gasteiger partial charge in [-0.3, -0.25) is 14.7 Å². The van der Waals surface area contributed by atoms with Crippen molar-refractivity contribution >= 4 is 63.0 Å². The van der Waals surface area contributed by atoms with Crippen molar-refractivity contribution < 1.29 is 58.2 Å². The summed E-state index contributed by atoms with van der Waals surface area (Å²) in [5.74, 6) is -6.07. The number of alkyl halides is 6. The lowest BCUT2D eigenvalue weighted by atomic mass is 9.83. The first-order chi connectivity index (χ1) is 34.0. The zero-order valence-electron chi connectivity index (χ0n) is 37.2. The molecule has 0 saturated carbocycles. The molecule has 0 aliphatic carbocycles. The van der Waals surface area contributed by atoms with E-state index in [0.717, 1.165) is 34.1 Å². The minimum atomic E-state index is -5.16. The molecule has 8 aromatic rings. The Labute approximate surface area is 397 Å². The van der Waals surface area contributed by atoms with E-state index in [1.807, 2.05) is 5.32 Å². The van der Waals surface area contributed by atoms with Crippen LogP contribution in [0.2, 0.25) is 0 Å². The number of nitrogens with zero attached hydrogens (tertiary/aromatic N) is 12. The zero-order valence-corrected chi connectivity index (χ0v) is 37.2. The Morgan fingerprint density at radius 3 is 1.93 bits per heavy atom. The van der Waals surface area contributed by atoms with Crippen LogP contribution >= 0.6 is 0 Å². The van der Waals surface area contributed by atoms with Crippen LogP contribution in [0.1, 0.15) is 30.2 Å². The van der Waals surface area contributed by atoms with Gasteiger partial charge in [0.25, 0.3) is 0 Å². The van der Waals surface area contributed by atoms with Gasteiger partial charge in [-0.2, -0.15) is 36.5 Å². The second-order valence-electron chi connectivity index (χ2n) is 15.8. The Kier molecular flexibility index (Phi) is 13.0. The van der Waals surface area contributed by atoms with Gasteiger partial charge >= 0.3 is 18.4 Å². The lowest BCUT2D eigenvalue weighted by Crippen LogP contribution is -2.45. The fourth-order valence-electron chi connectivity index (χ4n) is 7.45. The Morgan fingerprint density at radius 2 is 1.38 bits per heavy atom. The minimum absolute atomic E-state index is 0.00120. The highest BCUT2D eigenvalue weighted by Gasteiger charge is 2.64. The summed E-state index contributed by atoms with van der Waals surface area (Å²) in [5.41, 5.74) is 8.61. The molecule has 72 heavy (non-hydrogen) atoms. The third-order valence-corrected chi connectivity index (χ3v) is 11.0. The standard InChI is InChI=1S/C23H16F8N8O.C20H18F2N8O2/c1-21(23(29,30)31)14-16(33-6-4-22(26,27)28)35-18(36-17(14)37-20(21)40)15-11-7-10(24)8-34-19(11)39(38-15)9-13-12(25)3-2-5-32-13;1-29(20(31)32-2)15-16(23)26-18(27-17(15)24)14-12-7-11(21)8-25-19(12)30(28-14)9-10-5-3-4-6-13(10)22/h2-3,5,7-8H,4,6,9H2,1H3,(H2,33,35,36,37,40);3-8H,9H2,1-2H3,(H4,23,24,26,27). The number of ether oxygens (including phenoxy) is 1. The molecule has 1 aromatic carbocycles. The second-order valence-corrected chi connectivity index (χ2v) is 15.8. The van der Waals surface area contributed by atoms with Crippen molar-refractivity contribution in [3.8, 4) is 23.0 Å². The van der Waals surface area contributed by atoms with Crippen molar-refractivity contribution in [3.63, 3.8) is 0 Å². The van der Waals surface area contributed by atoms with Crippen LogP contribution in [0.3, 0.4) is 0 Å². The molecule has 7 aromatic heterocycles. The summed E-state index contributed by atoms with van der Waals surface area (Å²) in [4.78, 5) is 53.7. The summed E-state index contributed by atoms with van der Waals surface area (Å²) in [6.07, 6.45) is -8.75. The predicted octanol–water partition coefficient (Wildman–Crippen LogP) is 7.33. The molecule has 0 bridgehead atoms. The maximum absolute atomic E-state index is 14.3. The molecule has 19 nitrogen and oxygen atoms in total. The number of carbonyl (C=O) groups excluding carboxylic acids is 2. The van der Waals surface area contributed by atoms with Crippen LogP contribution in [0.15, 0.2) is 67.1 Å². The van der Waals surface area contributed by atoms with Gasteiger partial charge in [0.05, 0.1) is 61.0 Å². The monoisotopic (exact) mass is 1010 g/mol. The first-order valence-corrected chi connectivity index (χ1v) is 20.7. The molecule has 1 aliphatic heterocycles. The van der Waals surface area contributed by atoms with Crippen molar-refractivity contribution in [2.45, 2.75) is 44.2 Å². The van der Waals surface area contributed by atoms with Crippen molar-refractivity contribution in [2.75, 3.05) is 47.7 Å². The Balaban J connectivity index is 0.000000197. The number of nitrogens with one attached hydrogen (secondary N) is 2. The van der Waals surface area contributed by atoms with Crippen molar-refractivity contribution in [1.82, 2.24) is 54.4 Å². The average Bonchev–Trinajstić information content (AvgIpc) is 3.94. The number of methoxy groups -OCH3 is 1. The van der Waals surface area contributed by atoms with Gasteiger partial charge in [0.2, 0.25) is 5.91 Å². The van der Waals surface area contributed by atoms with E-state index in [1.165, 1.54) is 43.2 Å². The van der Waals surface area contributed by atoms with Crippen LogP contribution in [-0.2, 0) is 28.0 Å². The van der Waals surface area contributed by atoms with Crippen LogP contribution in [-0.4, -0.2) is 99.5 Å². The molecule has 1 unspecified atom stereocenters. The minimum Gasteiger partial charge on any atom is -0.452 e. The van der Waals surface area contributed by atoms with Crippen molar-refractivity contribution in [3.05, 3.63) is 107 Å². The van der Waals surface area contributed by atoms with Gasteiger partial charge in [-0.25, -0.2) is 61.6 Å². The van der Waals surface area contributed by atoms with E-state index in [-0.39, 0.29) is 69.7 Å². The molecule has 8 heterocycles. The van der Waals surface area contributed by atoms with E-state index >= 15 is 0 Å². The van der Waals surface area contributed by atoms with Gasteiger partial charge in [0.1, 0.15) is 52.0 Å². The largest absolute Gasteiger partial charge is 0.452 e. The fourth-order valence-corrected chi connectivity index (χ4v) is 7.45. The smallest absolute Gasteiger partial charge is 0.413 e. The van der Waals surface area contributed by atoms with E-state index in [2.05, 4.69) is 55.1 Å². The molecule has 1 aliphatic rings. The zero-order chi connectivity index (χ0) is 52.0. The van der Waals surface area contributed by atoms with E-state index in [9.17, 15) is 53.5 Å². The lowest BCUT2D eigenvalue weighted by Gasteiger charge is -2.26. The van der Waals surface area contributed by atoms with Gasteiger partial charge in [-0.1, -0.05) is 18.2 Å². The van der Waals surface area contributed by atoms with Gasteiger partial charge in [0.15, 0.2) is 40.0 Å². The average molecular weight is 1010 g/mol. The summed E-state index contributed by atoms with van der Waals surface area (Å²) >= 11 is 0. The number of aromatic nitrogens is 11. The van der Waals surface area contributed by atoms with Crippen LogP contribution in [0, 0.1) is 23.3 Å². The highest BCUT2D eigenvalue weighted by atomic mass is 19.4. The molecule has 2 amide bonds. The SMILES string of the molecule is CC1(C(F)(F)F)C(=O)Nc2nc(-c3nn(Cc4ncccc4F)c4ncc(F)cc34)nc(NCCC(F)(F)F)c21.COC(=O)N(C)c1c(N)nc(-c2nn(Cc3ccccc3F)c3ncc(F)cc23)nc1N. The number of fused-ring (bicyclic) bond motifs is 3. The van der Waals surface area contributed by atoms with Crippen LogP contribution in [0.5, 0.6) is 0 Å². The summed E-state index contributed by atoms with van der Waals surface area (Å²) < 4.78 is 144. The molecule has 0 radical (unpaired) electrons. The van der Waals surface area contributed by atoms with E-state index < -0.39 is 89.0 Å². The maximum atomic E-state index is 14.3. The van der Waals surface area contributed by atoms with E-state index in [0.29, 0.717) is 18.1 Å². The predicted molar refractivity (Wildman–Crippen MR) is 237 cm³/mol. The summed E-state index contributed by atoms with van der Waals surface area (Å²) in [7, 11) is 2.60. The number of pyridine rings is 3. The maximum Gasteiger partial charge on any atom is 0.413 e. The molecular weight excluding hydrogens is 979 g/mol. The number of nitrogens with two attached hydrogens (primary N) is 2. The number of hydrogen-bond donors (Lipinski definition) is 4. The van der Waals surface area contributed by atoms with Gasteiger partial charge < -0.3 is 26.8 Å². The molecule has 29 heteroatoms. The van der Waals surface area contributed by atoms with E-state index in [4.69, 9.17) is 11.5 Å². The molecule has 6 N–H and O–H groups in total. The quantitative estimate of drug-likeness (QED) is 0.0980. The molecular formula is C43H34F10N16O3. The normalized spacial score (nSPS) is 14.5. The van der Waals surface area contributed by atoms with Crippen LogP contribution in [0.25, 0.3) is 45.1 Å². The molecule has 0 fully saturated rings. The number of carbonyl (C=O) groups is 2. The third-order valence-electron chi connectivity index (χ3n) is 11.0. The number of benzene rings is 1. The number of halogens is 10. The topological polar surface area (TPSA) is 249 Å². The number of rotatable bonds is 10. The number of amides is 2. The Hall–Kier alpha value is -8.79. The highest BCUT2D eigenvalue weighted by Crippen LogP contribution is 2.51. The molecule has 0 saturated heterocycles. The first-order valence-electron chi connectivity index (χ1n) is 20.7. The Bertz CT molecular complexity index is 3400. The van der Waals surface area contributed by atoms with E-state index in [1.54, 1.807) is 18.2 Å². The number of anilines is 5. The first kappa shape index (κ1) is 49.6. The van der Waals surface area contributed by atoms with Crippen LogP contribution in [0.4, 0.5) is 77.7 Å². The summed E-state index contributed by atoms with van der Waals surface area (Å²) in [5, 5.41) is 13.1. The van der Waals surface area contributed by atoms with Gasteiger partial charge in [-0.05, 0) is 37.3 Å². The summed E-state index contributed by atoms with van der Waals surface area (Å²) in [6, 6.07) is 10.9. The van der Waals surface area contributed by atoms with Crippen molar-refractivity contribution in [2.24, 2.45) is 0 Å². The number of nitrogen functional groups attached to an aromatic ring is 2. The van der Waals surface area contributed by atoms with Gasteiger partial charge in [0, 0.05) is 25.4 Å². The molecule has 9 rings (SSSR count). The molecule has 0 spiro atoms. The number of hydrogen-bond acceptors (Lipinski definition) is 15. The van der Waals surface area contributed by atoms with Crippen LogP contribution < -0.4 is 27.0 Å². The highest BCUT2D eigenvalue weighted by molar-refractivity contribution is 6.08. The lowest BCUT2D eigenvalue weighted by molar-refractivity contribution is -0.186. The molecule has 1 atom stereocenters. The summed E-state index contributed by atoms with van der Waals surface area (Å²) in [6.45, 7) is -0.585. The fraction of sp³-hybridized carbons (Fsp3) is 0.233. The van der Waals surface area contributed by atoms with Gasteiger partial charge in [-0.15, -0.1) is 0 Å². The Morgan fingerprint density at radius 1 is 0.806 bits per heavy atom. The third kappa shape index (κ3) is 9.45. The second kappa shape index (κ2) is 18.8. The molecule has 374 valence electrons.